The number of rotatable bonds is 9. The summed E-state index contributed by atoms with van der Waals surface area (Å²) in [4.78, 5) is 41.3. The molecule has 16 aromatic carbocycles. The zero-order valence-corrected chi connectivity index (χ0v) is 62.5. The molecular formula is C99H60N12S2. The molecule has 0 radical (unpaired) electrons. The van der Waals surface area contributed by atoms with Crippen LogP contribution in [0.3, 0.4) is 0 Å². The summed E-state index contributed by atoms with van der Waals surface area (Å²) < 4.78 is 18.4. The minimum Gasteiger partial charge on any atom is -0.247 e. The van der Waals surface area contributed by atoms with E-state index < -0.39 is 0 Å². The van der Waals surface area contributed by atoms with Crippen LogP contribution in [0.15, 0.2) is 328 Å². The van der Waals surface area contributed by atoms with Gasteiger partial charge in [0.25, 0.3) is 0 Å². The highest BCUT2D eigenvalue weighted by Gasteiger charge is 2.35. The smallest absolute Gasteiger partial charge is 0.164 e. The molecule has 0 saturated carbocycles. The summed E-state index contributed by atoms with van der Waals surface area (Å²) >= 11 is 2.48. The van der Waals surface area contributed by atoms with Gasteiger partial charge in [0, 0.05) is 82.2 Å². The van der Waals surface area contributed by atoms with Gasteiger partial charge >= 0.3 is 0 Å². The zero-order chi connectivity index (χ0) is 74.8. The number of aromatic nitrogens is 12. The average Bonchev–Trinajstić information content (AvgIpc) is 1.74. The van der Waals surface area contributed by atoms with E-state index in [9.17, 15) is 0 Å². The minimum absolute atomic E-state index is 0.0546. The second-order valence-corrected chi connectivity index (χ2v) is 30.3. The molecule has 6 aromatic heterocycles. The lowest BCUT2D eigenvalue weighted by atomic mass is 9.81. The molecule has 0 spiro atoms. The number of fused-ring (bicyclic) bond motifs is 19. The molecule has 23 rings (SSSR count). The first kappa shape index (κ1) is 65.6. The van der Waals surface area contributed by atoms with E-state index in [1.165, 1.54) is 62.0 Å². The number of nitrogens with zero attached hydrogens (tertiary/aromatic N) is 12. The standard InChI is InChI=1S/C50H28N6S.C49H32N6S/c1-3-13-33-31(11-1)27-41(37-17-7-5-15-35(33)37)49-52-48(53-50(54-49)42-28-32-12-2-4-14-34(32)36-16-6-8-18-38(36)42)30-23-21-29(22-24-30)46-40-25-26-44-47(56-57-55-44)45(40)39-19-9-10-20-43(39)51-46;1-49(2)39-14-8-6-12-35(39)36-25-24-34(28-40(36)49)29-16-20-32(21-17-29)47-51-46(31-10-4-3-5-11-31)52-48(53-47)33-22-18-30(19-23-33)44-38-26-27-42-45(55-56-54-42)43(38)37-13-7-9-15-41(37)50-44/h1-28H;3-28H,1-2H3. The highest BCUT2D eigenvalue weighted by Crippen LogP contribution is 2.50. The third-order valence-corrected chi connectivity index (χ3v) is 23.5. The third-order valence-electron chi connectivity index (χ3n) is 22.4. The summed E-state index contributed by atoms with van der Waals surface area (Å²) in [7, 11) is 0. The molecule has 0 N–H and O–H groups in total. The maximum atomic E-state index is 5.32. The molecule has 1 aliphatic rings. The lowest BCUT2D eigenvalue weighted by Gasteiger charge is -2.22. The van der Waals surface area contributed by atoms with E-state index in [2.05, 4.69) is 294 Å². The van der Waals surface area contributed by atoms with E-state index in [-0.39, 0.29) is 5.41 Å². The van der Waals surface area contributed by atoms with E-state index >= 15 is 0 Å². The van der Waals surface area contributed by atoms with Crippen LogP contribution in [-0.4, -0.2) is 57.4 Å². The van der Waals surface area contributed by atoms with Crippen molar-refractivity contribution in [2.45, 2.75) is 19.3 Å². The van der Waals surface area contributed by atoms with Crippen molar-refractivity contribution >= 4 is 132 Å². The molecule has 0 atom stereocenters. The number of pyridine rings is 2. The number of benzene rings is 16. The Bertz CT molecular complexity index is 7520. The van der Waals surface area contributed by atoms with Crippen molar-refractivity contribution in [3.8, 4) is 113 Å². The summed E-state index contributed by atoms with van der Waals surface area (Å²) in [5.41, 5.74) is 22.5. The van der Waals surface area contributed by atoms with E-state index in [4.69, 9.17) is 44.2 Å². The Morgan fingerprint density at radius 3 is 1.07 bits per heavy atom. The van der Waals surface area contributed by atoms with Crippen LogP contribution in [0.2, 0.25) is 0 Å². The van der Waals surface area contributed by atoms with Crippen LogP contribution in [0, 0.1) is 0 Å². The van der Waals surface area contributed by atoms with Gasteiger partial charge in [-0.15, -0.1) is 0 Å². The first-order chi connectivity index (χ1) is 55.7. The molecule has 22 aromatic rings. The highest BCUT2D eigenvalue weighted by molar-refractivity contribution is 7.00. The molecule has 113 heavy (non-hydrogen) atoms. The van der Waals surface area contributed by atoms with Crippen LogP contribution in [0.4, 0.5) is 0 Å². The van der Waals surface area contributed by atoms with E-state index in [0.717, 1.165) is 159 Å². The fourth-order valence-electron chi connectivity index (χ4n) is 16.8. The van der Waals surface area contributed by atoms with Crippen LogP contribution < -0.4 is 0 Å². The summed E-state index contributed by atoms with van der Waals surface area (Å²) in [6.45, 7) is 4.64. The van der Waals surface area contributed by atoms with E-state index in [1.807, 2.05) is 60.7 Å². The van der Waals surface area contributed by atoms with E-state index in [0.29, 0.717) is 34.9 Å². The summed E-state index contributed by atoms with van der Waals surface area (Å²) in [5.74, 6) is 3.71. The Labute approximate surface area is 655 Å². The Morgan fingerprint density at radius 1 is 0.212 bits per heavy atom. The van der Waals surface area contributed by atoms with Crippen molar-refractivity contribution in [1.29, 1.82) is 0 Å². The van der Waals surface area contributed by atoms with Crippen molar-refractivity contribution in [2.75, 3.05) is 0 Å². The van der Waals surface area contributed by atoms with Crippen molar-refractivity contribution in [3.63, 3.8) is 0 Å². The monoisotopic (exact) mass is 1480 g/mol. The van der Waals surface area contributed by atoms with E-state index in [1.54, 1.807) is 0 Å². The predicted molar refractivity (Wildman–Crippen MR) is 464 cm³/mol. The lowest BCUT2D eigenvalue weighted by molar-refractivity contribution is 0.660. The Morgan fingerprint density at radius 2 is 0.575 bits per heavy atom. The third kappa shape index (κ3) is 11.1. The normalized spacial score (nSPS) is 12.4. The first-order valence-electron chi connectivity index (χ1n) is 37.6. The van der Waals surface area contributed by atoms with Gasteiger partial charge in [0.2, 0.25) is 0 Å². The van der Waals surface area contributed by atoms with Gasteiger partial charge < -0.3 is 0 Å². The molecule has 0 fully saturated rings. The van der Waals surface area contributed by atoms with Gasteiger partial charge in [-0.2, -0.15) is 17.5 Å². The molecular weight excluding hydrogens is 1420 g/mol. The second-order valence-electron chi connectivity index (χ2n) is 29.2. The van der Waals surface area contributed by atoms with Gasteiger partial charge in [-0.25, -0.2) is 39.9 Å². The molecule has 0 aliphatic heterocycles. The SMILES string of the molecule is CC1(C)c2ccccc2-c2ccc(-c3ccc(-c4nc(-c5ccccc5)nc(-c5ccc(-c6nc7ccccc7c7c6ccc6nsnc67)cc5)n4)cc3)cc21.c1ccc2c(c1)cc(-c1nc(-c3ccc(-c4nc5ccccc5c5c4ccc4nsnc45)cc3)nc(-c3cc4ccccc4c4ccccc34)n1)c1ccccc12. The summed E-state index contributed by atoms with van der Waals surface area (Å²) in [6.07, 6.45) is 0. The summed E-state index contributed by atoms with van der Waals surface area (Å²) in [6, 6.07) is 114. The maximum Gasteiger partial charge on any atom is 0.164 e. The molecule has 528 valence electrons. The van der Waals surface area contributed by atoms with Crippen LogP contribution in [0.5, 0.6) is 0 Å². The Hall–Kier alpha value is -14.4. The molecule has 0 amide bonds. The van der Waals surface area contributed by atoms with Crippen LogP contribution in [0.25, 0.3) is 222 Å². The van der Waals surface area contributed by atoms with Gasteiger partial charge in [-0.3, -0.25) is 0 Å². The molecule has 0 saturated heterocycles. The van der Waals surface area contributed by atoms with Crippen LogP contribution >= 0.6 is 23.5 Å². The first-order valence-corrected chi connectivity index (χ1v) is 39.0. The molecule has 14 heteroatoms. The number of hydrogen-bond donors (Lipinski definition) is 0. The highest BCUT2D eigenvalue weighted by atomic mass is 32.1. The number of hydrogen-bond acceptors (Lipinski definition) is 14. The van der Waals surface area contributed by atoms with Gasteiger partial charge in [0.15, 0.2) is 34.9 Å². The molecule has 0 bridgehead atoms. The minimum atomic E-state index is -0.0546. The van der Waals surface area contributed by atoms with Gasteiger partial charge in [0.05, 0.1) is 45.9 Å². The second kappa shape index (κ2) is 26.4. The lowest BCUT2D eigenvalue weighted by Crippen LogP contribution is -2.14. The van der Waals surface area contributed by atoms with Crippen molar-refractivity contribution in [1.82, 2.24) is 57.4 Å². The van der Waals surface area contributed by atoms with Crippen molar-refractivity contribution in [2.24, 2.45) is 0 Å². The molecule has 6 heterocycles. The molecule has 12 nitrogen and oxygen atoms in total. The van der Waals surface area contributed by atoms with Gasteiger partial charge in [-0.1, -0.05) is 287 Å². The topological polar surface area (TPSA) is 155 Å². The Balaban J connectivity index is 0.000000138. The predicted octanol–water partition coefficient (Wildman–Crippen LogP) is 25.1. The fraction of sp³-hybridized carbons (Fsp3) is 0.0303. The number of para-hydroxylation sites is 2. The Kier molecular flexibility index (Phi) is 15.3. The van der Waals surface area contributed by atoms with Gasteiger partial charge in [-0.05, 0) is 131 Å². The maximum absolute atomic E-state index is 5.32. The zero-order valence-electron chi connectivity index (χ0n) is 60.9. The van der Waals surface area contributed by atoms with Crippen LogP contribution in [-0.2, 0) is 5.41 Å². The van der Waals surface area contributed by atoms with Gasteiger partial charge in [0.1, 0.15) is 22.1 Å². The quantitative estimate of drug-likeness (QED) is 0.126. The van der Waals surface area contributed by atoms with Crippen molar-refractivity contribution in [3.05, 3.63) is 339 Å². The average molecular weight is 1480 g/mol. The van der Waals surface area contributed by atoms with Crippen LogP contribution in [0.1, 0.15) is 25.0 Å². The summed E-state index contributed by atoms with van der Waals surface area (Å²) in [5, 5.41) is 15.6. The molecule has 0 unspecified atom stereocenters. The van der Waals surface area contributed by atoms with Crippen molar-refractivity contribution < 1.29 is 0 Å². The fourth-order valence-corrected chi connectivity index (χ4v) is 17.9. The largest absolute Gasteiger partial charge is 0.247 e. The molecule has 1 aliphatic carbocycles.